The summed E-state index contributed by atoms with van der Waals surface area (Å²) < 4.78 is 19.9. The Morgan fingerprint density at radius 3 is 2.91 bits per heavy atom. The lowest BCUT2D eigenvalue weighted by molar-refractivity contribution is 0.145. The molecule has 0 aliphatic carbocycles. The molecule has 0 saturated heterocycles. The van der Waals surface area contributed by atoms with Crippen molar-refractivity contribution in [3.63, 3.8) is 0 Å². The lowest BCUT2D eigenvalue weighted by atomic mass is 9.92. The van der Waals surface area contributed by atoms with Gasteiger partial charge in [-0.2, -0.15) is 5.10 Å². The fourth-order valence-corrected chi connectivity index (χ4v) is 4.81. The number of carbonyl (C=O) groups is 1. The topological polar surface area (TPSA) is 117 Å². The number of hydrogen-bond donors (Lipinski definition) is 2. The van der Waals surface area contributed by atoms with Gasteiger partial charge in [-0.15, -0.1) is 0 Å². The molecule has 0 spiro atoms. The maximum Gasteiger partial charge on any atom is 0.322 e. The Labute approximate surface area is 197 Å². The van der Waals surface area contributed by atoms with E-state index in [1.807, 2.05) is 13.8 Å². The summed E-state index contributed by atoms with van der Waals surface area (Å²) >= 11 is 6.48. The van der Waals surface area contributed by atoms with E-state index in [2.05, 4.69) is 25.8 Å². The second kappa shape index (κ2) is 8.53. The Bertz CT molecular complexity index is 1470. The van der Waals surface area contributed by atoms with Gasteiger partial charge >= 0.3 is 6.03 Å². The van der Waals surface area contributed by atoms with Gasteiger partial charge in [0, 0.05) is 23.2 Å². The van der Waals surface area contributed by atoms with E-state index in [9.17, 15) is 9.59 Å². The summed E-state index contributed by atoms with van der Waals surface area (Å²) in [7, 11) is 0. The van der Waals surface area contributed by atoms with E-state index in [4.69, 9.17) is 16.2 Å². The van der Waals surface area contributed by atoms with Gasteiger partial charge in [-0.05, 0) is 53.8 Å². The molecule has 34 heavy (non-hydrogen) atoms. The van der Waals surface area contributed by atoms with Crippen LogP contribution in [0.3, 0.4) is 0 Å². The van der Waals surface area contributed by atoms with Gasteiger partial charge in [0.05, 0.1) is 22.4 Å². The molecule has 2 atom stereocenters. The van der Waals surface area contributed by atoms with Crippen molar-refractivity contribution < 1.29 is 13.8 Å². The standard InChI is InChI=1S/C23H20ClFN6O3/c1-3-19-21-12(8-20(32)27-28-21)7-11(2)31(19)23(33)26-18-10-15(24)14(9-16(18)25)13-5-4-6-17-22(13)30-34-29-17/h4-6,8-11,19H,3,7H2,1-2H3,(H,26,33)(H,27,32). The van der Waals surface area contributed by atoms with Gasteiger partial charge in [-0.25, -0.2) is 18.9 Å². The average Bonchev–Trinajstić information content (AvgIpc) is 3.29. The van der Waals surface area contributed by atoms with E-state index in [0.717, 1.165) is 5.56 Å². The van der Waals surface area contributed by atoms with Crippen molar-refractivity contribution >= 4 is 34.4 Å². The smallest absolute Gasteiger partial charge is 0.313 e. The number of anilines is 1. The van der Waals surface area contributed by atoms with Crippen molar-refractivity contribution in [2.75, 3.05) is 5.32 Å². The molecule has 11 heteroatoms. The van der Waals surface area contributed by atoms with Gasteiger partial charge in [0.2, 0.25) is 0 Å². The predicted octanol–water partition coefficient (Wildman–Crippen LogP) is 4.70. The maximum absolute atomic E-state index is 15.1. The minimum absolute atomic E-state index is 0.0496. The molecule has 174 valence electrons. The minimum atomic E-state index is -0.651. The van der Waals surface area contributed by atoms with Crippen LogP contribution in [0.25, 0.3) is 22.2 Å². The number of nitrogens with zero attached hydrogens (tertiary/aromatic N) is 4. The van der Waals surface area contributed by atoms with Crippen molar-refractivity contribution in [2.24, 2.45) is 0 Å². The monoisotopic (exact) mass is 482 g/mol. The molecular weight excluding hydrogens is 463 g/mol. The number of nitrogens with one attached hydrogen (secondary N) is 2. The van der Waals surface area contributed by atoms with Crippen LogP contribution in [0.4, 0.5) is 14.9 Å². The summed E-state index contributed by atoms with van der Waals surface area (Å²) in [5.41, 5.74) is 3.05. The molecule has 5 rings (SSSR count). The van der Waals surface area contributed by atoms with E-state index < -0.39 is 11.8 Å². The normalized spacial score (nSPS) is 17.6. The number of aromatic amines is 1. The quantitative estimate of drug-likeness (QED) is 0.437. The fraction of sp³-hybridized carbons (Fsp3) is 0.261. The van der Waals surface area contributed by atoms with Crippen LogP contribution in [-0.2, 0) is 6.42 Å². The number of benzene rings is 2. The number of fused-ring (bicyclic) bond motifs is 2. The Hall–Kier alpha value is -3.79. The maximum atomic E-state index is 15.1. The third-order valence-electron chi connectivity index (χ3n) is 6.06. The second-order valence-corrected chi connectivity index (χ2v) is 8.61. The molecule has 2 N–H and O–H groups in total. The van der Waals surface area contributed by atoms with Crippen molar-refractivity contribution in [2.45, 2.75) is 38.8 Å². The van der Waals surface area contributed by atoms with E-state index >= 15 is 4.39 Å². The first-order valence-corrected chi connectivity index (χ1v) is 11.1. The third kappa shape index (κ3) is 3.69. The zero-order valence-corrected chi connectivity index (χ0v) is 19.1. The second-order valence-electron chi connectivity index (χ2n) is 8.21. The Balaban J connectivity index is 1.46. The number of H-pyrrole nitrogens is 1. The molecule has 2 aromatic heterocycles. The average molecular weight is 483 g/mol. The van der Waals surface area contributed by atoms with Crippen molar-refractivity contribution in [3.8, 4) is 11.1 Å². The highest BCUT2D eigenvalue weighted by Gasteiger charge is 2.36. The molecule has 0 radical (unpaired) electrons. The SMILES string of the molecule is CCC1c2n[nH]c(=O)cc2CC(C)N1C(=O)Nc1cc(Cl)c(-c2cccc3nonc23)cc1F. The van der Waals surface area contributed by atoms with Crippen molar-refractivity contribution in [1.29, 1.82) is 0 Å². The Morgan fingerprint density at radius 2 is 2.12 bits per heavy atom. The number of carbonyl (C=O) groups excluding carboxylic acids is 1. The summed E-state index contributed by atoms with van der Waals surface area (Å²) in [6.45, 7) is 3.80. The lowest BCUT2D eigenvalue weighted by Gasteiger charge is -2.40. The first-order chi connectivity index (χ1) is 16.4. The van der Waals surface area contributed by atoms with Crippen LogP contribution < -0.4 is 10.9 Å². The van der Waals surface area contributed by atoms with E-state index in [0.29, 0.717) is 40.7 Å². The number of hydrogen-bond acceptors (Lipinski definition) is 6. The molecule has 1 aliphatic rings. The van der Waals surface area contributed by atoms with Gasteiger partial charge in [0.15, 0.2) is 0 Å². The molecule has 1 aliphatic heterocycles. The van der Waals surface area contributed by atoms with Crippen LogP contribution in [-0.4, -0.2) is 37.5 Å². The lowest BCUT2D eigenvalue weighted by Crippen LogP contribution is -2.48. The number of amides is 2. The van der Waals surface area contributed by atoms with Crippen LogP contribution in [0.5, 0.6) is 0 Å². The largest absolute Gasteiger partial charge is 0.322 e. The van der Waals surface area contributed by atoms with Crippen molar-refractivity contribution in [1.82, 2.24) is 25.4 Å². The molecular formula is C23H20ClFN6O3. The first-order valence-electron chi connectivity index (χ1n) is 10.8. The molecule has 0 saturated carbocycles. The third-order valence-corrected chi connectivity index (χ3v) is 6.37. The fourth-order valence-electron chi connectivity index (χ4n) is 4.54. The highest BCUT2D eigenvalue weighted by atomic mass is 35.5. The van der Waals surface area contributed by atoms with Gasteiger partial charge < -0.3 is 10.2 Å². The minimum Gasteiger partial charge on any atom is -0.313 e. The molecule has 0 bridgehead atoms. The summed E-state index contributed by atoms with van der Waals surface area (Å²) in [5, 5.41) is 17.2. The summed E-state index contributed by atoms with van der Waals surface area (Å²) in [6.07, 6.45) is 1.04. The highest BCUT2D eigenvalue weighted by Crippen LogP contribution is 2.37. The van der Waals surface area contributed by atoms with Gasteiger partial charge in [0.1, 0.15) is 16.9 Å². The van der Waals surface area contributed by atoms with Crippen LogP contribution in [0.1, 0.15) is 37.6 Å². The van der Waals surface area contributed by atoms with Gasteiger partial charge in [-0.1, -0.05) is 30.7 Å². The number of halogens is 2. The molecule has 2 aromatic carbocycles. The summed E-state index contributed by atoms with van der Waals surface area (Å²) in [4.78, 5) is 26.6. The molecule has 3 heterocycles. The van der Waals surface area contributed by atoms with Crippen LogP contribution >= 0.6 is 11.6 Å². The number of aromatic nitrogens is 4. The van der Waals surface area contributed by atoms with Crippen LogP contribution in [0, 0.1) is 5.82 Å². The highest BCUT2D eigenvalue weighted by molar-refractivity contribution is 6.34. The summed E-state index contributed by atoms with van der Waals surface area (Å²) in [5.74, 6) is -0.651. The molecule has 4 aromatic rings. The van der Waals surface area contributed by atoms with E-state index in [1.54, 1.807) is 23.1 Å². The number of urea groups is 1. The van der Waals surface area contributed by atoms with Gasteiger partial charge in [-0.3, -0.25) is 4.79 Å². The first kappa shape index (κ1) is 22.0. The zero-order chi connectivity index (χ0) is 24.0. The van der Waals surface area contributed by atoms with E-state index in [-0.39, 0.29) is 28.4 Å². The molecule has 2 amide bonds. The number of rotatable bonds is 3. The van der Waals surface area contributed by atoms with Crippen molar-refractivity contribution in [3.05, 3.63) is 68.8 Å². The zero-order valence-electron chi connectivity index (χ0n) is 18.3. The van der Waals surface area contributed by atoms with Crippen LogP contribution in [0.15, 0.2) is 45.8 Å². The van der Waals surface area contributed by atoms with E-state index in [1.165, 1.54) is 18.2 Å². The predicted molar refractivity (Wildman–Crippen MR) is 124 cm³/mol. The molecule has 0 fully saturated rings. The molecule has 2 unspecified atom stereocenters. The summed E-state index contributed by atoms with van der Waals surface area (Å²) in [6, 6.07) is 8.26. The molecule has 9 nitrogen and oxygen atoms in total. The Kier molecular flexibility index (Phi) is 5.52. The Morgan fingerprint density at radius 1 is 1.29 bits per heavy atom. The van der Waals surface area contributed by atoms with Crippen LogP contribution in [0.2, 0.25) is 5.02 Å². The van der Waals surface area contributed by atoms with Gasteiger partial charge in [0.25, 0.3) is 5.56 Å².